The van der Waals surface area contributed by atoms with Gasteiger partial charge in [-0.2, -0.15) is 0 Å². The van der Waals surface area contributed by atoms with Gasteiger partial charge in [-0.3, -0.25) is 10.1 Å². The van der Waals surface area contributed by atoms with Crippen LogP contribution >= 0.6 is 0 Å². The average Bonchev–Trinajstić information content (AvgIpc) is 2.45. The minimum absolute atomic E-state index is 0.0202. The number of hydrogen-bond acceptors (Lipinski definition) is 7. The van der Waals surface area contributed by atoms with Crippen molar-refractivity contribution < 1.29 is 9.34 Å². The lowest BCUT2D eigenvalue weighted by Crippen LogP contribution is -2.11. The minimum Gasteiger partial charge on any atom is -0.418 e. The number of benzene rings is 1. The molecule has 116 valence electrons. The number of nitrogens with one attached hydrogen (secondary N) is 1. The average molecular weight is 312 g/mol. The first-order valence-electron chi connectivity index (χ1n) is 6.75. The molecule has 8 nitrogen and oxygen atoms in total. The minimum atomic E-state index is -1.03. The van der Waals surface area contributed by atoms with Crippen molar-refractivity contribution in [2.75, 3.05) is 5.32 Å². The van der Waals surface area contributed by atoms with E-state index in [0.29, 0.717) is 16.8 Å². The molecule has 1 aromatic carbocycles. The molecule has 2 aromatic heterocycles. The Kier molecular flexibility index (Phi) is 3.49. The Hall–Kier alpha value is -3.29. The third-order valence-electron chi connectivity index (χ3n) is 3.19. The number of nitrogens with zero attached hydrogens (tertiary/aromatic N) is 3. The van der Waals surface area contributed by atoms with Gasteiger partial charge in [0.05, 0.1) is 4.92 Å². The van der Waals surface area contributed by atoms with Gasteiger partial charge in [-0.15, -0.1) is 0 Å². The summed E-state index contributed by atoms with van der Waals surface area (Å²) in [7, 11) is 0. The van der Waals surface area contributed by atoms with Gasteiger partial charge in [0.25, 0.3) is 0 Å². The highest BCUT2D eigenvalue weighted by Gasteiger charge is 2.25. The summed E-state index contributed by atoms with van der Waals surface area (Å²) in [6.45, 7) is 3.57. The number of hydrogen-bond donors (Lipinski definition) is 1. The Balaban J connectivity index is 2.27. The Morgan fingerprint density at radius 1 is 1.17 bits per heavy atom. The zero-order valence-corrected chi connectivity index (χ0v) is 12.4. The lowest BCUT2D eigenvalue weighted by Gasteiger charge is -2.09. The molecule has 0 aliphatic rings. The van der Waals surface area contributed by atoms with E-state index in [1.165, 1.54) is 0 Å². The van der Waals surface area contributed by atoms with Gasteiger partial charge >= 0.3 is 11.3 Å². The Bertz CT molecular complexity index is 961. The molecule has 2 heterocycles. The fourth-order valence-corrected chi connectivity index (χ4v) is 2.33. The summed E-state index contributed by atoms with van der Waals surface area (Å²) in [5.41, 5.74) is -0.0290. The van der Waals surface area contributed by atoms with E-state index in [0.717, 1.165) is 0 Å². The molecule has 1 N–H and O–H groups in total. The summed E-state index contributed by atoms with van der Waals surface area (Å²) in [5, 5.41) is 14.5. The maximum Gasteiger partial charge on any atom is 0.417 e. The number of nitro groups is 1. The van der Waals surface area contributed by atoms with Crippen LogP contribution in [0.4, 0.5) is 17.3 Å². The van der Waals surface area contributed by atoms with E-state index in [-0.39, 0.29) is 17.2 Å². The largest absolute Gasteiger partial charge is 0.418 e. The van der Waals surface area contributed by atoms with E-state index in [2.05, 4.69) is 15.3 Å². The fourth-order valence-electron chi connectivity index (χ4n) is 2.33. The summed E-state index contributed by atoms with van der Waals surface area (Å²) in [6, 6.07) is 8.33. The maximum atomic E-state index is 11.9. The molecule has 0 aliphatic carbocycles. The van der Waals surface area contributed by atoms with Crippen molar-refractivity contribution in [1.82, 2.24) is 9.97 Å². The first-order chi connectivity index (χ1) is 11.0. The van der Waals surface area contributed by atoms with Crippen LogP contribution in [0.15, 0.2) is 39.5 Å². The van der Waals surface area contributed by atoms with Crippen molar-refractivity contribution in [3.63, 3.8) is 0 Å². The van der Waals surface area contributed by atoms with Crippen LogP contribution in [0.2, 0.25) is 0 Å². The lowest BCUT2D eigenvalue weighted by molar-refractivity contribution is -0.386. The van der Waals surface area contributed by atoms with Crippen molar-refractivity contribution in [2.45, 2.75) is 13.8 Å². The molecule has 8 heteroatoms. The van der Waals surface area contributed by atoms with Crippen LogP contribution in [-0.4, -0.2) is 14.9 Å². The molecule has 0 fully saturated rings. The number of para-hydroxylation sites is 1. The second-order valence-corrected chi connectivity index (χ2v) is 4.97. The van der Waals surface area contributed by atoms with Gasteiger partial charge in [0.1, 0.15) is 11.3 Å². The Morgan fingerprint density at radius 3 is 2.48 bits per heavy atom. The number of anilines is 2. The predicted molar refractivity (Wildman–Crippen MR) is 83.9 cm³/mol. The summed E-state index contributed by atoms with van der Waals surface area (Å²) in [5.74, 6) is 0.182. The van der Waals surface area contributed by atoms with E-state index in [9.17, 15) is 14.9 Å². The summed E-state index contributed by atoms with van der Waals surface area (Å²) in [6.07, 6.45) is 0. The van der Waals surface area contributed by atoms with E-state index >= 15 is 0 Å². The summed E-state index contributed by atoms with van der Waals surface area (Å²) in [4.78, 5) is 30.8. The van der Waals surface area contributed by atoms with E-state index in [1.54, 1.807) is 44.2 Å². The van der Waals surface area contributed by atoms with Crippen molar-refractivity contribution >= 4 is 28.3 Å². The molecular weight excluding hydrogens is 300 g/mol. The molecule has 3 rings (SSSR count). The molecule has 0 bridgehead atoms. The summed E-state index contributed by atoms with van der Waals surface area (Å²) >= 11 is 0. The molecule has 0 amide bonds. The van der Waals surface area contributed by atoms with Gasteiger partial charge in [-0.25, -0.2) is 14.8 Å². The molecular formula is C15H12N4O4. The first kappa shape index (κ1) is 14.6. The fraction of sp³-hybridized carbons (Fsp3) is 0.133. The topological polar surface area (TPSA) is 111 Å². The molecule has 23 heavy (non-hydrogen) atoms. The smallest absolute Gasteiger partial charge is 0.417 e. The Morgan fingerprint density at radius 2 is 1.83 bits per heavy atom. The number of aromatic nitrogens is 2. The molecule has 0 atom stereocenters. The van der Waals surface area contributed by atoms with E-state index in [1.807, 2.05) is 0 Å². The molecule has 0 spiro atoms. The predicted octanol–water partition coefficient (Wildman–Crippen LogP) is 2.85. The SMILES string of the molecule is Cc1cc(C)nc(Nc2c([N+](=O)[O-])c(=O)oc3ccccc23)n1. The van der Waals surface area contributed by atoms with Crippen LogP contribution in [0.25, 0.3) is 11.0 Å². The molecule has 0 saturated carbocycles. The van der Waals surface area contributed by atoms with Crippen LogP contribution in [0.5, 0.6) is 0 Å². The van der Waals surface area contributed by atoms with Gasteiger partial charge in [-0.05, 0) is 32.0 Å². The third-order valence-corrected chi connectivity index (χ3v) is 3.19. The molecule has 3 aromatic rings. The number of rotatable bonds is 3. The standard InChI is InChI=1S/C15H12N4O4/c1-8-7-9(2)17-15(16-8)18-12-10-5-3-4-6-11(10)23-14(20)13(12)19(21)22/h3-7H,1-2H3,(H,16,17,18). The van der Waals surface area contributed by atoms with E-state index in [4.69, 9.17) is 4.42 Å². The van der Waals surface area contributed by atoms with Gasteiger partial charge in [-0.1, -0.05) is 12.1 Å². The molecule has 0 saturated heterocycles. The van der Waals surface area contributed by atoms with Gasteiger partial charge in [0, 0.05) is 16.8 Å². The van der Waals surface area contributed by atoms with Gasteiger partial charge in [0.15, 0.2) is 0 Å². The molecule has 0 unspecified atom stereocenters. The van der Waals surface area contributed by atoms with Crippen molar-refractivity contribution in [3.05, 3.63) is 62.3 Å². The van der Waals surface area contributed by atoms with Crippen LogP contribution in [-0.2, 0) is 0 Å². The zero-order valence-electron chi connectivity index (χ0n) is 12.4. The van der Waals surface area contributed by atoms with Crippen LogP contribution in [0.3, 0.4) is 0 Å². The third kappa shape index (κ3) is 2.73. The number of aryl methyl sites for hydroxylation is 2. The van der Waals surface area contributed by atoms with Crippen LogP contribution in [0, 0.1) is 24.0 Å². The van der Waals surface area contributed by atoms with Gasteiger partial charge < -0.3 is 9.73 Å². The summed E-state index contributed by atoms with van der Waals surface area (Å²) < 4.78 is 5.00. The van der Waals surface area contributed by atoms with E-state index < -0.39 is 16.2 Å². The quantitative estimate of drug-likeness (QED) is 0.449. The second kappa shape index (κ2) is 5.48. The molecule has 0 aliphatic heterocycles. The number of fused-ring (bicyclic) bond motifs is 1. The highest BCUT2D eigenvalue weighted by Crippen LogP contribution is 2.31. The highest BCUT2D eigenvalue weighted by molar-refractivity contribution is 5.95. The van der Waals surface area contributed by atoms with Crippen LogP contribution < -0.4 is 10.9 Å². The second-order valence-electron chi connectivity index (χ2n) is 4.97. The zero-order chi connectivity index (χ0) is 16.6. The monoisotopic (exact) mass is 312 g/mol. The van der Waals surface area contributed by atoms with Gasteiger partial charge in [0.2, 0.25) is 5.95 Å². The lowest BCUT2D eigenvalue weighted by atomic mass is 10.2. The highest BCUT2D eigenvalue weighted by atomic mass is 16.6. The normalized spacial score (nSPS) is 10.7. The van der Waals surface area contributed by atoms with Crippen LogP contribution in [0.1, 0.15) is 11.4 Å². The van der Waals surface area contributed by atoms with Crippen molar-refractivity contribution in [2.24, 2.45) is 0 Å². The van der Waals surface area contributed by atoms with Crippen molar-refractivity contribution in [3.8, 4) is 0 Å². The molecule has 0 radical (unpaired) electrons. The van der Waals surface area contributed by atoms with Crippen molar-refractivity contribution in [1.29, 1.82) is 0 Å². The Labute approximate surface area is 130 Å². The first-order valence-corrected chi connectivity index (χ1v) is 6.75. The maximum absolute atomic E-state index is 11.9.